The molecule has 9 heteroatoms. The molecular formula is C21H21F3N2O4. The molecule has 0 aliphatic rings. The molecule has 1 aromatic heterocycles. The van der Waals surface area contributed by atoms with E-state index in [9.17, 15) is 27.6 Å². The Hall–Kier alpha value is -3.36. The highest BCUT2D eigenvalue weighted by Crippen LogP contribution is 2.23. The Morgan fingerprint density at radius 3 is 2.33 bits per heavy atom. The van der Waals surface area contributed by atoms with Gasteiger partial charge in [0.2, 0.25) is 11.7 Å². The van der Waals surface area contributed by atoms with Crippen LogP contribution in [0.1, 0.15) is 34.2 Å². The Balaban J connectivity index is 2.14. The summed E-state index contributed by atoms with van der Waals surface area (Å²) >= 11 is 0. The Labute approximate surface area is 171 Å². The fourth-order valence-electron chi connectivity index (χ4n) is 2.84. The topological polar surface area (TPSA) is 77.4 Å². The van der Waals surface area contributed by atoms with Crippen molar-refractivity contribution in [2.24, 2.45) is 0 Å². The van der Waals surface area contributed by atoms with Crippen LogP contribution in [0.15, 0.2) is 42.1 Å². The van der Waals surface area contributed by atoms with Crippen LogP contribution >= 0.6 is 0 Å². The van der Waals surface area contributed by atoms with Gasteiger partial charge in [-0.1, -0.05) is 30.3 Å². The molecule has 0 saturated carbocycles. The van der Waals surface area contributed by atoms with E-state index in [1.54, 1.807) is 30.3 Å². The van der Waals surface area contributed by atoms with E-state index in [0.717, 1.165) is 4.57 Å². The first-order chi connectivity index (χ1) is 14.0. The van der Waals surface area contributed by atoms with Crippen molar-refractivity contribution < 1.29 is 32.3 Å². The minimum Gasteiger partial charge on any atom is -0.453 e. The molecule has 6 nitrogen and oxygen atoms in total. The van der Waals surface area contributed by atoms with Crippen molar-refractivity contribution in [3.05, 3.63) is 64.6 Å². The van der Waals surface area contributed by atoms with Crippen LogP contribution in [0, 0.1) is 13.8 Å². The van der Waals surface area contributed by atoms with Crippen LogP contribution in [-0.4, -0.2) is 35.0 Å². The van der Waals surface area contributed by atoms with E-state index in [1.165, 1.54) is 32.9 Å². The summed E-state index contributed by atoms with van der Waals surface area (Å²) in [5.74, 6) is -2.09. The number of carbonyl (C=O) groups excluding carboxylic acids is 3. The Morgan fingerprint density at radius 1 is 1.13 bits per heavy atom. The number of amides is 1. The fourth-order valence-corrected chi connectivity index (χ4v) is 2.84. The number of benzene rings is 1. The van der Waals surface area contributed by atoms with E-state index in [4.69, 9.17) is 4.74 Å². The molecule has 0 atom stereocenters. The predicted octanol–water partition coefficient (Wildman–Crippen LogP) is 3.57. The van der Waals surface area contributed by atoms with Crippen LogP contribution in [0.2, 0.25) is 0 Å². The molecule has 2 aromatic rings. The number of nitrogens with zero attached hydrogens (tertiary/aromatic N) is 1. The summed E-state index contributed by atoms with van der Waals surface area (Å²) in [5, 5.41) is 2.35. The third kappa shape index (κ3) is 6.33. The largest absolute Gasteiger partial charge is 0.453 e. The van der Waals surface area contributed by atoms with Crippen LogP contribution in [0.25, 0.3) is 6.08 Å². The number of ketones is 1. The van der Waals surface area contributed by atoms with Gasteiger partial charge in [-0.25, -0.2) is 4.79 Å². The number of alkyl halides is 3. The van der Waals surface area contributed by atoms with E-state index in [2.05, 4.69) is 5.32 Å². The van der Waals surface area contributed by atoms with Crippen molar-refractivity contribution in [3.63, 3.8) is 0 Å². The molecule has 0 fully saturated rings. The number of aromatic nitrogens is 1. The Morgan fingerprint density at radius 2 is 1.77 bits per heavy atom. The predicted molar refractivity (Wildman–Crippen MR) is 103 cm³/mol. The molecule has 30 heavy (non-hydrogen) atoms. The van der Waals surface area contributed by atoms with Gasteiger partial charge in [0.15, 0.2) is 6.61 Å². The molecule has 160 valence electrons. The molecule has 1 aromatic carbocycles. The van der Waals surface area contributed by atoms with Gasteiger partial charge in [-0.05, 0) is 31.6 Å². The number of rotatable bonds is 7. The first-order valence-corrected chi connectivity index (χ1v) is 8.96. The maximum absolute atomic E-state index is 12.7. The number of halogens is 3. The summed E-state index contributed by atoms with van der Waals surface area (Å²) in [7, 11) is 0. The standard InChI is InChI=1S/C21H21F3N2O4/c1-13-9-17(14(2)26(13)12-21(22,23)24)19(28)11-30-20(29)18(25-15(3)27)10-16-7-5-4-6-8-16/h4-10H,11-12H2,1-3H3,(H,25,27). The van der Waals surface area contributed by atoms with Gasteiger partial charge >= 0.3 is 12.1 Å². The van der Waals surface area contributed by atoms with Gasteiger partial charge in [0.05, 0.1) is 0 Å². The van der Waals surface area contributed by atoms with Gasteiger partial charge in [-0.3, -0.25) is 9.59 Å². The second-order valence-electron chi connectivity index (χ2n) is 6.64. The summed E-state index contributed by atoms with van der Waals surface area (Å²) in [4.78, 5) is 36.2. The molecule has 0 bridgehead atoms. The summed E-state index contributed by atoms with van der Waals surface area (Å²) in [6.45, 7) is 2.17. The van der Waals surface area contributed by atoms with E-state index in [-0.39, 0.29) is 22.6 Å². The van der Waals surface area contributed by atoms with Crippen LogP contribution in [0.4, 0.5) is 13.2 Å². The Kier molecular flexibility index (Phi) is 7.20. The molecule has 0 unspecified atom stereocenters. The lowest BCUT2D eigenvalue weighted by Gasteiger charge is -2.12. The molecule has 1 amide bonds. The number of aryl methyl sites for hydroxylation is 1. The highest BCUT2D eigenvalue weighted by atomic mass is 19.4. The average molecular weight is 422 g/mol. The third-order valence-corrected chi connectivity index (χ3v) is 4.19. The minimum atomic E-state index is -4.43. The molecule has 1 N–H and O–H groups in total. The van der Waals surface area contributed by atoms with Crippen molar-refractivity contribution in [3.8, 4) is 0 Å². The quantitative estimate of drug-likeness (QED) is 0.420. The lowest BCUT2D eigenvalue weighted by atomic mass is 10.1. The van der Waals surface area contributed by atoms with Crippen LogP contribution in [0.5, 0.6) is 0 Å². The zero-order valence-electron chi connectivity index (χ0n) is 16.7. The van der Waals surface area contributed by atoms with E-state index in [0.29, 0.717) is 5.56 Å². The van der Waals surface area contributed by atoms with Crippen LogP contribution in [0.3, 0.4) is 0 Å². The van der Waals surface area contributed by atoms with Crippen molar-refractivity contribution in [1.29, 1.82) is 0 Å². The third-order valence-electron chi connectivity index (χ3n) is 4.19. The summed E-state index contributed by atoms with van der Waals surface area (Å²) in [6, 6.07) is 9.99. The highest BCUT2D eigenvalue weighted by molar-refractivity contribution is 6.02. The zero-order valence-corrected chi connectivity index (χ0v) is 16.7. The van der Waals surface area contributed by atoms with Gasteiger partial charge < -0.3 is 14.6 Å². The first-order valence-electron chi connectivity index (χ1n) is 8.96. The average Bonchev–Trinajstić information content (AvgIpc) is 2.92. The number of esters is 1. The molecule has 0 saturated heterocycles. The molecule has 2 rings (SSSR count). The molecule has 0 spiro atoms. The summed E-state index contributed by atoms with van der Waals surface area (Å²) in [5.41, 5.74) is 0.900. The van der Waals surface area contributed by atoms with Crippen LogP contribution in [-0.2, 0) is 20.9 Å². The van der Waals surface area contributed by atoms with Gasteiger partial charge in [0.25, 0.3) is 0 Å². The number of hydrogen-bond donors (Lipinski definition) is 1. The van der Waals surface area contributed by atoms with Crippen molar-refractivity contribution in [2.45, 2.75) is 33.5 Å². The lowest BCUT2D eigenvalue weighted by Crippen LogP contribution is -2.27. The fraction of sp³-hybridized carbons (Fsp3) is 0.286. The van der Waals surface area contributed by atoms with Crippen molar-refractivity contribution >= 4 is 23.7 Å². The first kappa shape index (κ1) is 22.9. The normalized spacial score (nSPS) is 11.9. The maximum atomic E-state index is 12.7. The molecule has 1 heterocycles. The number of carbonyl (C=O) groups is 3. The second-order valence-corrected chi connectivity index (χ2v) is 6.64. The van der Waals surface area contributed by atoms with Gasteiger partial charge in [0.1, 0.15) is 12.2 Å². The molecular weight excluding hydrogens is 401 g/mol. The number of Topliss-reactive ketones (excluding diaryl/α,β-unsaturated/α-hetero) is 1. The number of nitrogens with one attached hydrogen (secondary N) is 1. The molecule has 0 aliphatic carbocycles. The van der Waals surface area contributed by atoms with Gasteiger partial charge in [-0.15, -0.1) is 0 Å². The molecule has 0 radical (unpaired) electrons. The minimum absolute atomic E-state index is 0.0395. The lowest BCUT2D eigenvalue weighted by molar-refractivity contribution is -0.141. The van der Waals surface area contributed by atoms with Crippen LogP contribution < -0.4 is 5.32 Å². The smallest absolute Gasteiger partial charge is 0.406 e. The van der Waals surface area contributed by atoms with E-state index < -0.39 is 37.0 Å². The zero-order chi connectivity index (χ0) is 22.5. The number of ether oxygens (including phenoxy) is 1. The van der Waals surface area contributed by atoms with Gasteiger partial charge in [-0.2, -0.15) is 13.2 Å². The second kappa shape index (κ2) is 9.43. The van der Waals surface area contributed by atoms with E-state index >= 15 is 0 Å². The monoisotopic (exact) mass is 422 g/mol. The van der Waals surface area contributed by atoms with E-state index in [1.807, 2.05) is 0 Å². The highest BCUT2D eigenvalue weighted by Gasteiger charge is 2.30. The number of hydrogen-bond acceptors (Lipinski definition) is 4. The van der Waals surface area contributed by atoms with Crippen molar-refractivity contribution in [2.75, 3.05) is 6.61 Å². The van der Waals surface area contributed by atoms with Crippen molar-refractivity contribution in [1.82, 2.24) is 9.88 Å². The molecule has 0 aliphatic heterocycles. The SMILES string of the molecule is CC(=O)NC(=Cc1ccccc1)C(=O)OCC(=O)c1cc(C)n(CC(F)(F)F)c1C. The summed E-state index contributed by atoms with van der Waals surface area (Å²) in [6.07, 6.45) is -3.04. The van der Waals surface area contributed by atoms with Gasteiger partial charge in [0, 0.05) is 23.9 Å². The summed E-state index contributed by atoms with van der Waals surface area (Å²) < 4.78 is 44.1. The maximum Gasteiger partial charge on any atom is 0.406 e. The Bertz CT molecular complexity index is 976.